The molecule has 0 unspecified atom stereocenters. The van der Waals surface area contributed by atoms with Crippen molar-refractivity contribution in [1.82, 2.24) is 20.2 Å². The minimum Gasteiger partial charge on any atom is -0.313 e. The Bertz CT molecular complexity index is 885. The molecule has 0 aliphatic heterocycles. The molecule has 0 saturated heterocycles. The molecule has 4 rings (SSSR count). The molecule has 0 fully saturated rings. The van der Waals surface area contributed by atoms with Gasteiger partial charge >= 0.3 is 0 Å². The summed E-state index contributed by atoms with van der Waals surface area (Å²) in [5, 5.41) is 15.1. The molecule has 4 aromatic rings. The van der Waals surface area contributed by atoms with Crippen molar-refractivity contribution < 1.29 is 0 Å². The van der Waals surface area contributed by atoms with Gasteiger partial charge in [-0.2, -0.15) is 0 Å². The number of rotatable bonds is 3. The quantitative estimate of drug-likeness (QED) is 0.620. The number of nitrogens with one attached hydrogen (secondary N) is 1. The van der Waals surface area contributed by atoms with E-state index in [1.807, 2.05) is 41.8 Å². The summed E-state index contributed by atoms with van der Waals surface area (Å²) >= 11 is 3.15. The van der Waals surface area contributed by atoms with Crippen molar-refractivity contribution in [3.63, 3.8) is 0 Å². The average molecular weight is 311 g/mol. The monoisotopic (exact) mass is 311 g/mol. The molecule has 1 N–H and O–H groups in total. The van der Waals surface area contributed by atoms with Gasteiger partial charge in [-0.3, -0.25) is 4.98 Å². The largest absolute Gasteiger partial charge is 0.313 e. The molecule has 0 aliphatic carbocycles. The molecule has 21 heavy (non-hydrogen) atoms. The SMILES string of the molecule is c1csc(-c2nnc(Nc3cnc4ccccc4n3)s2)c1. The van der Waals surface area contributed by atoms with Gasteiger partial charge in [-0.05, 0) is 23.6 Å². The Hall–Kier alpha value is -2.38. The fourth-order valence-corrected chi connectivity index (χ4v) is 3.44. The van der Waals surface area contributed by atoms with Crippen LogP contribution in [-0.2, 0) is 0 Å². The molecular formula is C14H9N5S2. The fourth-order valence-electron chi connectivity index (χ4n) is 1.90. The fraction of sp³-hybridized carbons (Fsp3) is 0. The number of nitrogens with zero attached hydrogens (tertiary/aromatic N) is 4. The van der Waals surface area contributed by atoms with Gasteiger partial charge in [0.25, 0.3) is 0 Å². The van der Waals surface area contributed by atoms with Crippen molar-refractivity contribution in [2.45, 2.75) is 0 Å². The molecule has 5 nitrogen and oxygen atoms in total. The van der Waals surface area contributed by atoms with E-state index >= 15 is 0 Å². The molecule has 0 saturated carbocycles. The van der Waals surface area contributed by atoms with Crippen molar-refractivity contribution in [2.24, 2.45) is 0 Å². The normalized spacial score (nSPS) is 10.9. The summed E-state index contributed by atoms with van der Waals surface area (Å²) in [7, 11) is 0. The first-order valence-corrected chi connectivity index (χ1v) is 7.94. The standard InChI is InChI=1S/C14H9N5S2/c1-2-5-10-9(4-1)15-8-12(16-10)17-14-19-18-13(21-14)11-6-3-7-20-11/h1-8H,(H,16,17,19). The van der Waals surface area contributed by atoms with Gasteiger partial charge in [-0.1, -0.05) is 29.5 Å². The highest BCUT2D eigenvalue weighted by atomic mass is 32.1. The van der Waals surface area contributed by atoms with Crippen LogP contribution < -0.4 is 5.32 Å². The number of aromatic nitrogens is 4. The molecule has 3 aromatic heterocycles. The van der Waals surface area contributed by atoms with Gasteiger partial charge in [0.05, 0.1) is 22.1 Å². The summed E-state index contributed by atoms with van der Waals surface area (Å²) in [6.07, 6.45) is 1.70. The topological polar surface area (TPSA) is 63.6 Å². The third-order valence-electron chi connectivity index (χ3n) is 2.84. The van der Waals surface area contributed by atoms with Crippen LogP contribution in [0.4, 0.5) is 10.9 Å². The second-order valence-corrected chi connectivity index (χ2v) is 6.18. The van der Waals surface area contributed by atoms with Crippen LogP contribution >= 0.6 is 22.7 Å². The maximum absolute atomic E-state index is 4.51. The molecule has 0 bridgehead atoms. The van der Waals surface area contributed by atoms with Crippen molar-refractivity contribution in [3.8, 4) is 9.88 Å². The Labute approximate surface area is 128 Å². The van der Waals surface area contributed by atoms with Gasteiger partial charge in [0, 0.05) is 0 Å². The average Bonchev–Trinajstić information content (AvgIpc) is 3.18. The summed E-state index contributed by atoms with van der Waals surface area (Å²) in [6, 6.07) is 11.8. The highest BCUT2D eigenvalue weighted by molar-refractivity contribution is 7.22. The van der Waals surface area contributed by atoms with Gasteiger partial charge in [0.1, 0.15) is 0 Å². The van der Waals surface area contributed by atoms with E-state index in [9.17, 15) is 0 Å². The van der Waals surface area contributed by atoms with E-state index in [-0.39, 0.29) is 0 Å². The zero-order valence-electron chi connectivity index (χ0n) is 10.7. The highest BCUT2D eigenvalue weighted by Gasteiger charge is 2.08. The Morgan fingerprint density at radius 2 is 1.86 bits per heavy atom. The van der Waals surface area contributed by atoms with Crippen LogP contribution in [0.1, 0.15) is 0 Å². The molecule has 3 heterocycles. The Morgan fingerprint density at radius 3 is 2.71 bits per heavy atom. The predicted molar refractivity (Wildman–Crippen MR) is 86.0 cm³/mol. The first-order valence-electron chi connectivity index (χ1n) is 6.25. The summed E-state index contributed by atoms with van der Waals surface area (Å²) in [6.45, 7) is 0. The number of benzene rings is 1. The van der Waals surface area contributed by atoms with Crippen LogP contribution in [0.2, 0.25) is 0 Å². The lowest BCUT2D eigenvalue weighted by atomic mass is 10.3. The molecule has 102 valence electrons. The van der Waals surface area contributed by atoms with Gasteiger partial charge in [-0.15, -0.1) is 21.5 Å². The van der Waals surface area contributed by atoms with Gasteiger partial charge in [0.15, 0.2) is 10.8 Å². The first-order chi connectivity index (χ1) is 10.4. The lowest BCUT2D eigenvalue weighted by Crippen LogP contribution is -1.94. The third kappa shape index (κ3) is 2.48. The second-order valence-electron chi connectivity index (χ2n) is 4.26. The number of thiophene rings is 1. The minimum atomic E-state index is 0.669. The molecule has 0 atom stereocenters. The van der Waals surface area contributed by atoms with Gasteiger partial charge < -0.3 is 5.32 Å². The zero-order chi connectivity index (χ0) is 14.1. The lowest BCUT2D eigenvalue weighted by molar-refractivity contribution is 1.10. The first kappa shape index (κ1) is 12.4. The maximum Gasteiger partial charge on any atom is 0.211 e. The van der Waals surface area contributed by atoms with Crippen LogP contribution in [0.3, 0.4) is 0 Å². The van der Waals surface area contributed by atoms with E-state index in [0.29, 0.717) is 10.9 Å². The van der Waals surface area contributed by atoms with E-state index in [1.165, 1.54) is 11.3 Å². The summed E-state index contributed by atoms with van der Waals surface area (Å²) in [5.74, 6) is 0.669. The van der Waals surface area contributed by atoms with Crippen LogP contribution in [0.15, 0.2) is 48.0 Å². The van der Waals surface area contributed by atoms with Crippen LogP contribution in [0, 0.1) is 0 Å². The van der Waals surface area contributed by atoms with Crippen molar-refractivity contribution in [1.29, 1.82) is 0 Å². The second kappa shape index (κ2) is 5.19. The Morgan fingerprint density at radius 1 is 0.952 bits per heavy atom. The summed E-state index contributed by atoms with van der Waals surface area (Å²) in [4.78, 5) is 9.99. The molecule has 0 amide bonds. The Balaban J connectivity index is 1.62. The zero-order valence-corrected chi connectivity index (χ0v) is 12.4. The Kier molecular flexibility index (Phi) is 3.06. The van der Waals surface area contributed by atoms with Crippen LogP contribution in [-0.4, -0.2) is 20.2 Å². The van der Waals surface area contributed by atoms with Crippen molar-refractivity contribution in [2.75, 3.05) is 5.32 Å². The predicted octanol–water partition coefficient (Wildman–Crippen LogP) is 3.95. The number of para-hydroxylation sites is 2. The maximum atomic E-state index is 4.51. The smallest absolute Gasteiger partial charge is 0.211 e. The number of hydrogen-bond acceptors (Lipinski definition) is 7. The van der Waals surface area contributed by atoms with Crippen molar-refractivity contribution in [3.05, 3.63) is 48.0 Å². The van der Waals surface area contributed by atoms with Crippen LogP contribution in [0.25, 0.3) is 20.9 Å². The molecule has 0 aliphatic rings. The summed E-state index contributed by atoms with van der Waals surface area (Å²) in [5.41, 5.74) is 1.73. The molecule has 0 radical (unpaired) electrons. The van der Waals surface area contributed by atoms with Crippen LogP contribution in [0.5, 0.6) is 0 Å². The number of fused-ring (bicyclic) bond motifs is 1. The molecular weight excluding hydrogens is 302 g/mol. The third-order valence-corrected chi connectivity index (χ3v) is 4.72. The number of hydrogen-bond donors (Lipinski definition) is 1. The van der Waals surface area contributed by atoms with Gasteiger partial charge in [0.2, 0.25) is 5.13 Å². The van der Waals surface area contributed by atoms with Gasteiger partial charge in [-0.25, -0.2) is 4.98 Å². The molecule has 1 aromatic carbocycles. The lowest BCUT2D eigenvalue weighted by Gasteiger charge is -2.01. The summed E-state index contributed by atoms with van der Waals surface area (Å²) < 4.78 is 0. The van der Waals surface area contributed by atoms with E-state index in [0.717, 1.165) is 20.9 Å². The number of anilines is 2. The van der Waals surface area contributed by atoms with E-state index in [2.05, 4.69) is 25.5 Å². The van der Waals surface area contributed by atoms with E-state index in [1.54, 1.807) is 17.5 Å². The van der Waals surface area contributed by atoms with Crippen molar-refractivity contribution >= 4 is 44.7 Å². The highest BCUT2D eigenvalue weighted by Crippen LogP contribution is 2.30. The minimum absolute atomic E-state index is 0.669. The van der Waals surface area contributed by atoms with E-state index < -0.39 is 0 Å². The van der Waals surface area contributed by atoms with E-state index in [4.69, 9.17) is 0 Å². The molecule has 7 heteroatoms. The molecule has 0 spiro atoms.